The molecule has 0 aromatic carbocycles. The molecule has 24 heavy (non-hydrogen) atoms. The molecule has 124 valence electrons. The molecule has 1 spiro atoms. The van der Waals surface area contributed by atoms with E-state index < -0.39 is 0 Å². The Morgan fingerprint density at radius 1 is 1.08 bits per heavy atom. The van der Waals surface area contributed by atoms with Crippen molar-refractivity contribution in [2.45, 2.75) is 18.4 Å². The second-order valence-corrected chi connectivity index (χ2v) is 7.09. The second-order valence-electron chi connectivity index (χ2n) is 7.09. The summed E-state index contributed by atoms with van der Waals surface area (Å²) in [6, 6.07) is 3.91. The van der Waals surface area contributed by atoms with Crippen molar-refractivity contribution < 1.29 is 4.74 Å². The zero-order valence-corrected chi connectivity index (χ0v) is 13.6. The maximum absolute atomic E-state index is 6.30. The molecule has 0 N–H and O–H groups in total. The molecule has 4 saturated heterocycles. The zero-order chi connectivity index (χ0) is 16.0. The van der Waals surface area contributed by atoms with Crippen LogP contribution >= 0.6 is 0 Å². The lowest BCUT2D eigenvalue weighted by Crippen LogP contribution is -2.61. The van der Waals surface area contributed by atoms with Gasteiger partial charge in [-0.05, 0) is 44.0 Å². The van der Waals surface area contributed by atoms with Gasteiger partial charge in [-0.1, -0.05) is 0 Å². The van der Waals surface area contributed by atoms with E-state index in [0.29, 0.717) is 12.6 Å². The molecule has 2 aromatic heterocycles. The van der Waals surface area contributed by atoms with E-state index in [1.807, 2.05) is 30.7 Å². The van der Waals surface area contributed by atoms with Gasteiger partial charge in [-0.3, -0.25) is 9.97 Å². The first-order valence-electron chi connectivity index (χ1n) is 8.66. The van der Waals surface area contributed by atoms with Crippen LogP contribution in [-0.4, -0.2) is 58.4 Å². The van der Waals surface area contributed by atoms with Gasteiger partial charge in [0.1, 0.15) is 18.1 Å². The van der Waals surface area contributed by atoms with Gasteiger partial charge < -0.3 is 14.5 Å². The van der Waals surface area contributed by atoms with E-state index in [4.69, 9.17) is 4.74 Å². The second kappa shape index (κ2) is 5.50. The third kappa shape index (κ3) is 2.29. The quantitative estimate of drug-likeness (QED) is 0.840. The number of fused-ring (bicyclic) bond motifs is 2. The summed E-state index contributed by atoms with van der Waals surface area (Å²) in [7, 11) is 0. The predicted molar refractivity (Wildman–Crippen MR) is 90.5 cm³/mol. The lowest BCUT2D eigenvalue weighted by molar-refractivity contribution is -0.116. The SMILES string of the molecule is c1cncc(-c2cnc(N3CO[C@]4(CN5CCC4CC5)C3)cn2)c1. The van der Waals surface area contributed by atoms with Gasteiger partial charge in [-0.15, -0.1) is 0 Å². The highest BCUT2D eigenvalue weighted by atomic mass is 16.5. The molecule has 4 aliphatic heterocycles. The molecular formula is C18H21N5O. The van der Waals surface area contributed by atoms with E-state index in [0.717, 1.165) is 30.2 Å². The Morgan fingerprint density at radius 2 is 2.00 bits per heavy atom. The molecule has 4 fully saturated rings. The molecule has 6 heteroatoms. The van der Waals surface area contributed by atoms with Crippen molar-refractivity contribution in [2.24, 2.45) is 5.92 Å². The number of pyridine rings is 1. The van der Waals surface area contributed by atoms with E-state index in [9.17, 15) is 0 Å². The van der Waals surface area contributed by atoms with Crippen LogP contribution in [0.15, 0.2) is 36.9 Å². The van der Waals surface area contributed by atoms with Crippen molar-refractivity contribution in [2.75, 3.05) is 37.8 Å². The van der Waals surface area contributed by atoms with Gasteiger partial charge in [0.2, 0.25) is 0 Å². The van der Waals surface area contributed by atoms with Gasteiger partial charge in [-0.25, -0.2) is 4.98 Å². The number of nitrogens with zero attached hydrogens (tertiary/aromatic N) is 5. The number of aromatic nitrogens is 3. The minimum absolute atomic E-state index is 0.000200. The number of anilines is 1. The lowest BCUT2D eigenvalue weighted by atomic mass is 9.75. The third-order valence-corrected chi connectivity index (χ3v) is 5.71. The van der Waals surface area contributed by atoms with Crippen LogP contribution in [0.25, 0.3) is 11.3 Å². The molecule has 2 bridgehead atoms. The summed E-state index contributed by atoms with van der Waals surface area (Å²) in [5.41, 5.74) is 1.84. The van der Waals surface area contributed by atoms with Crippen molar-refractivity contribution in [3.05, 3.63) is 36.9 Å². The molecule has 0 aliphatic carbocycles. The summed E-state index contributed by atoms with van der Waals surface area (Å²) in [5.74, 6) is 1.59. The van der Waals surface area contributed by atoms with Gasteiger partial charge in [0.15, 0.2) is 0 Å². The monoisotopic (exact) mass is 323 g/mol. The highest BCUT2D eigenvalue weighted by Crippen LogP contribution is 2.42. The Labute approximate surface area is 141 Å². The van der Waals surface area contributed by atoms with Crippen LogP contribution in [0.1, 0.15) is 12.8 Å². The molecule has 0 amide bonds. The molecule has 1 atom stereocenters. The summed E-state index contributed by atoms with van der Waals surface area (Å²) in [4.78, 5) is 18.1. The van der Waals surface area contributed by atoms with Gasteiger partial charge in [0.05, 0.1) is 24.6 Å². The fraction of sp³-hybridized carbons (Fsp3) is 0.500. The van der Waals surface area contributed by atoms with E-state index >= 15 is 0 Å². The zero-order valence-electron chi connectivity index (χ0n) is 13.6. The van der Waals surface area contributed by atoms with Crippen molar-refractivity contribution in [1.82, 2.24) is 19.9 Å². The summed E-state index contributed by atoms with van der Waals surface area (Å²) in [6.07, 6.45) is 9.78. The first-order chi connectivity index (χ1) is 11.8. The van der Waals surface area contributed by atoms with Gasteiger partial charge in [0.25, 0.3) is 0 Å². The van der Waals surface area contributed by atoms with Crippen molar-refractivity contribution in [1.29, 1.82) is 0 Å². The van der Waals surface area contributed by atoms with Crippen LogP contribution in [-0.2, 0) is 4.74 Å². The van der Waals surface area contributed by atoms with Crippen molar-refractivity contribution in [3.63, 3.8) is 0 Å². The molecule has 6 heterocycles. The van der Waals surface area contributed by atoms with Gasteiger partial charge >= 0.3 is 0 Å². The van der Waals surface area contributed by atoms with Crippen LogP contribution in [0.4, 0.5) is 5.82 Å². The van der Waals surface area contributed by atoms with E-state index in [-0.39, 0.29) is 5.60 Å². The Balaban J connectivity index is 1.35. The molecule has 2 aromatic rings. The van der Waals surface area contributed by atoms with Crippen LogP contribution < -0.4 is 4.90 Å². The van der Waals surface area contributed by atoms with Crippen LogP contribution in [0.5, 0.6) is 0 Å². The average Bonchev–Trinajstić information content (AvgIpc) is 3.07. The Bertz CT molecular complexity index is 714. The largest absolute Gasteiger partial charge is 0.351 e. The standard InChI is InChI=1S/C18H21N5O/c1-2-14(8-19-5-1)16-9-21-17(10-20-16)23-12-18(24-13-23)11-22-6-3-15(18)4-7-22/h1-2,5,8-10,15H,3-4,6-7,11-13H2/t18-/m1/s1. The minimum atomic E-state index is 0.000200. The van der Waals surface area contributed by atoms with E-state index in [1.54, 1.807) is 6.20 Å². The fourth-order valence-corrected chi connectivity index (χ4v) is 4.38. The lowest BCUT2D eigenvalue weighted by Gasteiger charge is -2.50. The normalized spacial score (nSPS) is 31.8. The molecule has 0 radical (unpaired) electrons. The van der Waals surface area contributed by atoms with Crippen LogP contribution in [0.3, 0.4) is 0 Å². The van der Waals surface area contributed by atoms with E-state index in [2.05, 4.69) is 24.8 Å². The topological polar surface area (TPSA) is 54.4 Å². The molecule has 6 nitrogen and oxygen atoms in total. The number of ether oxygens (including phenoxy) is 1. The maximum atomic E-state index is 6.30. The number of piperidine rings is 3. The molecular weight excluding hydrogens is 302 g/mol. The van der Waals surface area contributed by atoms with Crippen LogP contribution in [0, 0.1) is 5.92 Å². The number of hydrogen-bond acceptors (Lipinski definition) is 6. The van der Waals surface area contributed by atoms with Gasteiger partial charge in [0, 0.05) is 24.5 Å². The Hall–Kier alpha value is -2.05. The number of hydrogen-bond donors (Lipinski definition) is 0. The highest BCUT2D eigenvalue weighted by molar-refractivity contribution is 5.57. The minimum Gasteiger partial charge on any atom is -0.351 e. The van der Waals surface area contributed by atoms with Crippen molar-refractivity contribution in [3.8, 4) is 11.3 Å². The fourth-order valence-electron chi connectivity index (χ4n) is 4.38. The molecule has 0 saturated carbocycles. The number of rotatable bonds is 2. The van der Waals surface area contributed by atoms with Crippen molar-refractivity contribution >= 4 is 5.82 Å². The molecule has 4 aliphatic rings. The van der Waals surface area contributed by atoms with Gasteiger partial charge in [-0.2, -0.15) is 0 Å². The summed E-state index contributed by atoms with van der Waals surface area (Å²) in [5, 5.41) is 0. The summed E-state index contributed by atoms with van der Waals surface area (Å²) in [6.45, 7) is 5.07. The van der Waals surface area contributed by atoms with E-state index in [1.165, 1.54) is 25.9 Å². The van der Waals surface area contributed by atoms with Crippen LogP contribution in [0.2, 0.25) is 0 Å². The molecule has 6 rings (SSSR count). The Morgan fingerprint density at radius 3 is 2.67 bits per heavy atom. The first-order valence-corrected chi connectivity index (χ1v) is 8.66. The molecule has 0 unspecified atom stereocenters. The average molecular weight is 323 g/mol. The maximum Gasteiger partial charge on any atom is 0.149 e. The summed E-state index contributed by atoms with van der Waals surface area (Å²) < 4.78 is 6.30. The summed E-state index contributed by atoms with van der Waals surface area (Å²) >= 11 is 0. The highest BCUT2D eigenvalue weighted by Gasteiger charge is 2.51. The third-order valence-electron chi connectivity index (χ3n) is 5.71. The smallest absolute Gasteiger partial charge is 0.149 e. The predicted octanol–water partition coefficient (Wildman–Crippen LogP) is 1.80. The Kier molecular flexibility index (Phi) is 3.28. The first kappa shape index (κ1) is 14.3.